The third-order valence-corrected chi connectivity index (χ3v) is 4.77. The lowest BCUT2D eigenvalue weighted by atomic mass is 10.2. The summed E-state index contributed by atoms with van der Waals surface area (Å²) in [4.78, 5) is 32.9. The molecule has 0 N–H and O–H groups in total. The number of nitrogens with zero attached hydrogens (tertiary/aromatic N) is 3. The molecule has 1 aliphatic rings. The summed E-state index contributed by atoms with van der Waals surface area (Å²) in [6.45, 7) is 0.959. The first-order chi connectivity index (χ1) is 12.6. The van der Waals surface area contributed by atoms with Gasteiger partial charge in [0, 0.05) is 24.2 Å². The summed E-state index contributed by atoms with van der Waals surface area (Å²) in [5.74, 6) is -0.359. The number of piperazine rings is 1. The number of pyridine rings is 1. The molecule has 2 amide bonds. The average Bonchev–Trinajstić information content (AvgIpc) is 2.68. The fraction of sp³-hybridized carbons (Fsp3) is 0.150. The maximum absolute atomic E-state index is 12.8. The molecule has 3 aromatic rings. The Hall–Kier alpha value is -2.92. The van der Waals surface area contributed by atoms with Crippen LogP contribution in [-0.4, -0.2) is 41.3 Å². The second-order valence-electron chi connectivity index (χ2n) is 6.12. The van der Waals surface area contributed by atoms with Crippen LogP contribution in [0, 0.1) is 0 Å². The molecule has 0 aliphatic carbocycles. The molecule has 1 aromatic heterocycles. The van der Waals surface area contributed by atoms with Gasteiger partial charge in [-0.2, -0.15) is 0 Å². The SMILES string of the molecule is O=C(c1ccc2cccc(Cl)c2n1)N1CCN(c2ccccc2)C(=O)C1. The molecule has 1 saturated heterocycles. The van der Waals surface area contributed by atoms with E-state index in [0.29, 0.717) is 29.3 Å². The van der Waals surface area contributed by atoms with Gasteiger partial charge in [0.15, 0.2) is 0 Å². The summed E-state index contributed by atoms with van der Waals surface area (Å²) in [6, 6.07) is 18.5. The average molecular weight is 366 g/mol. The van der Waals surface area contributed by atoms with Crippen LogP contribution in [-0.2, 0) is 4.79 Å². The Morgan fingerprint density at radius 2 is 1.77 bits per heavy atom. The Balaban J connectivity index is 1.55. The number of hydrogen-bond acceptors (Lipinski definition) is 3. The maximum Gasteiger partial charge on any atom is 0.273 e. The number of carbonyl (C=O) groups is 2. The van der Waals surface area contributed by atoms with Crippen molar-refractivity contribution in [3.05, 3.63) is 71.4 Å². The summed E-state index contributed by atoms with van der Waals surface area (Å²) in [5, 5.41) is 1.38. The van der Waals surface area contributed by atoms with Gasteiger partial charge in [0.1, 0.15) is 12.2 Å². The van der Waals surface area contributed by atoms with Gasteiger partial charge in [-0.1, -0.05) is 48.0 Å². The van der Waals surface area contributed by atoms with E-state index in [2.05, 4.69) is 4.98 Å². The third-order valence-electron chi connectivity index (χ3n) is 4.47. The van der Waals surface area contributed by atoms with Crippen LogP contribution in [0.15, 0.2) is 60.7 Å². The molecule has 130 valence electrons. The molecule has 0 bridgehead atoms. The Bertz CT molecular complexity index is 991. The van der Waals surface area contributed by atoms with Crippen molar-refractivity contribution in [3.63, 3.8) is 0 Å². The van der Waals surface area contributed by atoms with Gasteiger partial charge >= 0.3 is 0 Å². The van der Waals surface area contributed by atoms with Crippen molar-refractivity contribution in [2.75, 3.05) is 24.5 Å². The number of aromatic nitrogens is 1. The lowest BCUT2D eigenvalue weighted by Crippen LogP contribution is -2.52. The molecule has 0 radical (unpaired) electrons. The molecule has 1 fully saturated rings. The zero-order chi connectivity index (χ0) is 18.1. The Morgan fingerprint density at radius 1 is 0.962 bits per heavy atom. The van der Waals surface area contributed by atoms with E-state index in [1.165, 1.54) is 4.90 Å². The molecule has 26 heavy (non-hydrogen) atoms. The number of benzene rings is 2. The van der Waals surface area contributed by atoms with E-state index in [1.54, 1.807) is 17.0 Å². The Labute approximate surface area is 155 Å². The monoisotopic (exact) mass is 365 g/mol. The summed E-state index contributed by atoms with van der Waals surface area (Å²) in [6.07, 6.45) is 0. The highest BCUT2D eigenvalue weighted by Crippen LogP contribution is 2.23. The number of halogens is 1. The number of hydrogen-bond donors (Lipinski definition) is 0. The van der Waals surface area contributed by atoms with Crippen molar-refractivity contribution in [2.45, 2.75) is 0 Å². The zero-order valence-corrected chi connectivity index (χ0v) is 14.7. The fourth-order valence-corrected chi connectivity index (χ4v) is 3.34. The first kappa shape index (κ1) is 16.5. The van der Waals surface area contributed by atoms with Gasteiger partial charge in [-0.3, -0.25) is 9.59 Å². The van der Waals surface area contributed by atoms with Crippen molar-refractivity contribution in [1.29, 1.82) is 0 Å². The van der Waals surface area contributed by atoms with Crippen LogP contribution < -0.4 is 4.90 Å². The minimum atomic E-state index is -0.257. The third kappa shape index (κ3) is 3.02. The smallest absolute Gasteiger partial charge is 0.273 e. The standard InChI is InChI=1S/C20H16ClN3O2/c21-16-8-4-5-14-9-10-17(22-19(14)16)20(26)23-11-12-24(18(25)13-23)15-6-2-1-3-7-15/h1-10H,11-13H2. The molecule has 1 aliphatic heterocycles. The summed E-state index contributed by atoms with van der Waals surface area (Å²) in [5.41, 5.74) is 1.74. The topological polar surface area (TPSA) is 53.5 Å². The molecule has 0 spiro atoms. The van der Waals surface area contributed by atoms with Gasteiger partial charge in [-0.05, 0) is 24.3 Å². The predicted molar refractivity (Wildman–Crippen MR) is 101 cm³/mol. The van der Waals surface area contributed by atoms with Crippen LogP contribution in [0.3, 0.4) is 0 Å². The first-order valence-electron chi connectivity index (χ1n) is 8.33. The van der Waals surface area contributed by atoms with Gasteiger partial charge < -0.3 is 9.80 Å². The van der Waals surface area contributed by atoms with Crippen LogP contribution in [0.25, 0.3) is 10.9 Å². The van der Waals surface area contributed by atoms with E-state index in [-0.39, 0.29) is 18.4 Å². The fourth-order valence-electron chi connectivity index (χ4n) is 3.12. The maximum atomic E-state index is 12.8. The van der Waals surface area contributed by atoms with Crippen molar-refractivity contribution < 1.29 is 9.59 Å². The molecular weight excluding hydrogens is 350 g/mol. The van der Waals surface area contributed by atoms with E-state index in [1.807, 2.05) is 48.5 Å². The normalized spacial score (nSPS) is 14.7. The second kappa shape index (κ2) is 6.77. The highest BCUT2D eigenvalue weighted by molar-refractivity contribution is 6.35. The quantitative estimate of drug-likeness (QED) is 0.699. The molecule has 4 rings (SSSR count). The number of para-hydroxylation sites is 2. The van der Waals surface area contributed by atoms with Crippen molar-refractivity contribution in [2.24, 2.45) is 0 Å². The van der Waals surface area contributed by atoms with Crippen LogP contribution in [0.4, 0.5) is 5.69 Å². The molecular formula is C20H16ClN3O2. The van der Waals surface area contributed by atoms with Gasteiger partial charge in [0.25, 0.3) is 5.91 Å². The van der Waals surface area contributed by atoms with Crippen molar-refractivity contribution in [3.8, 4) is 0 Å². The van der Waals surface area contributed by atoms with E-state index in [9.17, 15) is 9.59 Å². The molecule has 2 heterocycles. The van der Waals surface area contributed by atoms with E-state index in [0.717, 1.165) is 11.1 Å². The van der Waals surface area contributed by atoms with Crippen molar-refractivity contribution >= 4 is 40.0 Å². The summed E-state index contributed by atoms with van der Waals surface area (Å²) in [7, 11) is 0. The first-order valence-corrected chi connectivity index (χ1v) is 8.71. The number of fused-ring (bicyclic) bond motifs is 1. The number of anilines is 1. The lowest BCUT2D eigenvalue weighted by molar-refractivity contribution is -0.120. The largest absolute Gasteiger partial charge is 0.326 e. The molecule has 0 unspecified atom stereocenters. The minimum absolute atomic E-state index is 0.0377. The van der Waals surface area contributed by atoms with E-state index < -0.39 is 0 Å². The predicted octanol–water partition coefficient (Wildman–Crippen LogP) is 3.38. The van der Waals surface area contributed by atoms with Crippen LogP contribution in [0.1, 0.15) is 10.5 Å². The van der Waals surface area contributed by atoms with Crippen molar-refractivity contribution in [1.82, 2.24) is 9.88 Å². The van der Waals surface area contributed by atoms with Crippen LogP contribution in [0.2, 0.25) is 5.02 Å². The van der Waals surface area contributed by atoms with Gasteiger partial charge in [-0.15, -0.1) is 0 Å². The Morgan fingerprint density at radius 3 is 2.54 bits per heavy atom. The van der Waals surface area contributed by atoms with Gasteiger partial charge in [-0.25, -0.2) is 4.98 Å². The van der Waals surface area contributed by atoms with E-state index >= 15 is 0 Å². The summed E-state index contributed by atoms with van der Waals surface area (Å²) < 4.78 is 0. The van der Waals surface area contributed by atoms with Gasteiger partial charge in [0.2, 0.25) is 5.91 Å². The number of rotatable bonds is 2. The zero-order valence-electron chi connectivity index (χ0n) is 13.9. The molecule has 0 saturated carbocycles. The molecule has 5 nitrogen and oxygen atoms in total. The van der Waals surface area contributed by atoms with Crippen LogP contribution in [0.5, 0.6) is 0 Å². The second-order valence-corrected chi connectivity index (χ2v) is 6.52. The lowest BCUT2D eigenvalue weighted by Gasteiger charge is -2.34. The molecule has 6 heteroatoms. The van der Waals surface area contributed by atoms with Gasteiger partial charge in [0.05, 0.1) is 10.5 Å². The highest BCUT2D eigenvalue weighted by atomic mass is 35.5. The molecule has 0 atom stereocenters. The summed E-state index contributed by atoms with van der Waals surface area (Å²) >= 11 is 6.18. The molecule has 2 aromatic carbocycles. The Kier molecular flexibility index (Phi) is 4.31. The van der Waals surface area contributed by atoms with E-state index in [4.69, 9.17) is 11.6 Å². The van der Waals surface area contributed by atoms with Crippen LogP contribution >= 0.6 is 11.6 Å². The highest BCUT2D eigenvalue weighted by Gasteiger charge is 2.29. The number of amides is 2. The minimum Gasteiger partial charge on any atom is -0.326 e. The number of carbonyl (C=O) groups excluding carboxylic acids is 2.